The molecule has 1 heterocycles. The van der Waals surface area contributed by atoms with Crippen molar-refractivity contribution < 1.29 is 43.3 Å². The first-order valence-corrected chi connectivity index (χ1v) is 13.2. The normalized spacial score (nSPS) is 19.4. The quantitative estimate of drug-likeness (QED) is 0.297. The van der Waals surface area contributed by atoms with Gasteiger partial charge in [0.2, 0.25) is 0 Å². The first-order chi connectivity index (χ1) is 18.6. The fraction of sp³-hybridized carbons (Fsp3) is 0.630. The first-order valence-electron chi connectivity index (χ1n) is 13.2. The van der Waals surface area contributed by atoms with Crippen LogP contribution in [0.1, 0.15) is 54.4 Å². The van der Waals surface area contributed by atoms with Crippen molar-refractivity contribution in [2.75, 3.05) is 32.2 Å². The second-order valence-electron chi connectivity index (χ2n) is 11.8. The Labute approximate surface area is 234 Å². The third kappa shape index (κ3) is 8.13. The van der Waals surface area contributed by atoms with Gasteiger partial charge in [-0.05, 0) is 78.6 Å². The molecular weight excluding hydrogens is 524 g/mol. The van der Waals surface area contributed by atoms with Crippen molar-refractivity contribution in [3.8, 4) is 5.75 Å². The SMILES string of the molecule is COC(=O)[C@H]1[C@H](CN(C(=O)Oc2ccc(NO)cc2)C2CC2)N(C(=O)OC(C)(C)C)CCN1C(=O)OC(C)(C)C. The fourth-order valence-electron chi connectivity index (χ4n) is 4.29. The average Bonchev–Trinajstić information content (AvgIpc) is 3.69. The van der Waals surface area contributed by atoms with E-state index in [-0.39, 0.29) is 31.4 Å². The summed E-state index contributed by atoms with van der Waals surface area (Å²) in [5, 5.41) is 9.03. The van der Waals surface area contributed by atoms with Crippen molar-refractivity contribution in [3.63, 3.8) is 0 Å². The number of piperazine rings is 1. The van der Waals surface area contributed by atoms with Gasteiger partial charge in [0.1, 0.15) is 17.0 Å². The van der Waals surface area contributed by atoms with E-state index in [2.05, 4.69) is 0 Å². The Morgan fingerprint density at radius 1 is 0.925 bits per heavy atom. The summed E-state index contributed by atoms with van der Waals surface area (Å²) in [6, 6.07) is 3.61. The summed E-state index contributed by atoms with van der Waals surface area (Å²) < 4.78 is 21.8. The molecule has 0 aromatic heterocycles. The standard InChI is InChI=1S/C27H40N4O9/c1-26(2,3)39-24(34)29-14-15-30(25(35)40-27(4,5)6)21(22(32)37-7)20(29)16-31(18-10-11-18)23(33)38-19-12-8-17(28-36)9-13-19/h8-9,12-13,18,20-21,28,36H,10-11,14-16H2,1-7H3/t20-,21+/m0/s1. The largest absolute Gasteiger partial charge is 0.467 e. The molecule has 2 fully saturated rings. The highest BCUT2D eigenvalue weighted by atomic mass is 16.6. The van der Waals surface area contributed by atoms with Gasteiger partial charge in [-0.1, -0.05) is 0 Å². The number of nitrogens with one attached hydrogen (secondary N) is 1. The third-order valence-electron chi connectivity index (χ3n) is 6.18. The Morgan fingerprint density at radius 2 is 1.45 bits per heavy atom. The molecule has 1 aliphatic carbocycles. The van der Waals surface area contributed by atoms with E-state index < -0.39 is 47.5 Å². The number of carbonyl (C=O) groups is 4. The maximum atomic E-state index is 13.4. The van der Waals surface area contributed by atoms with E-state index in [0.29, 0.717) is 18.5 Å². The van der Waals surface area contributed by atoms with E-state index in [9.17, 15) is 19.2 Å². The highest BCUT2D eigenvalue weighted by Gasteiger charge is 2.50. The van der Waals surface area contributed by atoms with Crippen LogP contribution in [0.25, 0.3) is 0 Å². The number of ether oxygens (including phenoxy) is 4. The van der Waals surface area contributed by atoms with Crippen molar-refractivity contribution in [1.82, 2.24) is 14.7 Å². The second-order valence-corrected chi connectivity index (χ2v) is 11.8. The molecule has 2 atom stereocenters. The molecule has 40 heavy (non-hydrogen) atoms. The predicted molar refractivity (Wildman–Crippen MR) is 143 cm³/mol. The summed E-state index contributed by atoms with van der Waals surface area (Å²) in [5.74, 6) is -0.525. The number of nitrogens with zero attached hydrogens (tertiary/aromatic N) is 3. The Balaban J connectivity index is 1.95. The molecule has 222 valence electrons. The van der Waals surface area contributed by atoms with Crippen LogP contribution in [0.2, 0.25) is 0 Å². The summed E-state index contributed by atoms with van der Waals surface area (Å²) in [6.45, 7) is 10.2. The van der Waals surface area contributed by atoms with Crippen molar-refractivity contribution in [2.45, 2.75) is 83.7 Å². The summed E-state index contributed by atoms with van der Waals surface area (Å²) in [7, 11) is 1.19. The van der Waals surface area contributed by atoms with Crippen LogP contribution in [0.4, 0.5) is 20.1 Å². The zero-order valence-electron chi connectivity index (χ0n) is 24.1. The van der Waals surface area contributed by atoms with Gasteiger partial charge in [0.25, 0.3) is 0 Å². The van der Waals surface area contributed by atoms with Gasteiger partial charge in [-0.15, -0.1) is 0 Å². The topological polar surface area (TPSA) is 147 Å². The van der Waals surface area contributed by atoms with Crippen molar-refractivity contribution in [3.05, 3.63) is 24.3 Å². The van der Waals surface area contributed by atoms with Crippen LogP contribution in [0.5, 0.6) is 5.75 Å². The van der Waals surface area contributed by atoms with E-state index in [1.54, 1.807) is 41.5 Å². The minimum Gasteiger partial charge on any atom is -0.467 e. The zero-order chi connectivity index (χ0) is 29.8. The summed E-state index contributed by atoms with van der Waals surface area (Å²) in [6.07, 6.45) is -0.698. The lowest BCUT2D eigenvalue weighted by atomic mass is 10.0. The minimum absolute atomic E-state index is 0.0104. The lowest BCUT2D eigenvalue weighted by Gasteiger charge is -2.47. The molecule has 2 aliphatic rings. The smallest absolute Gasteiger partial charge is 0.415 e. The molecular formula is C27H40N4O9. The molecule has 3 rings (SSSR count). The van der Waals surface area contributed by atoms with Gasteiger partial charge >= 0.3 is 24.2 Å². The molecule has 0 spiro atoms. The van der Waals surface area contributed by atoms with E-state index in [0.717, 1.165) is 0 Å². The number of anilines is 1. The van der Waals surface area contributed by atoms with E-state index in [1.807, 2.05) is 5.48 Å². The Morgan fingerprint density at radius 3 is 1.93 bits per heavy atom. The number of hydrogen-bond donors (Lipinski definition) is 2. The number of rotatable bonds is 6. The number of esters is 1. The monoisotopic (exact) mass is 564 g/mol. The highest BCUT2D eigenvalue weighted by Crippen LogP contribution is 2.32. The maximum Gasteiger partial charge on any atom is 0.415 e. The van der Waals surface area contributed by atoms with Crippen LogP contribution in [0.3, 0.4) is 0 Å². The predicted octanol–water partition coefficient (Wildman–Crippen LogP) is 3.85. The number of hydrogen-bond acceptors (Lipinski definition) is 10. The van der Waals surface area contributed by atoms with Gasteiger partial charge < -0.3 is 23.8 Å². The fourth-order valence-corrected chi connectivity index (χ4v) is 4.29. The van der Waals surface area contributed by atoms with Crippen LogP contribution < -0.4 is 10.2 Å². The molecule has 1 aromatic rings. The van der Waals surface area contributed by atoms with E-state index in [4.69, 9.17) is 24.2 Å². The molecule has 2 N–H and O–H groups in total. The van der Waals surface area contributed by atoms with Crippen LogP contribution in [0.15, 0.2) is 24.3 Å². The lowest BCUT2D eigenvalue weighted by Crippen LogP contribution is -2.68. The molecule has 13 nitrogen and oxygen atoms in total. The summed E-state index contributed by atoms with van der Waals surface area (Å²) >= 11 is 0. The molecule has 3 amide bonds. The molecule has 0 bridgehead atoms. The third-order valence-corrected chi connectivity index (χ3v) is 6.18. The van der Waals surface area contributed by atoms with Gasteiger partial charge in [-0.2, -0.15) is 0 Å². The Hall–Kier alpha value is -3.74. The highest BCUT2D eigenvalue weighted by molar-refractivity contribution is 5.84. The second kappa shape index (κ2) is 12.2. The molecule has 1 saturated carbocycles. The number of methoxy groups -OCH3 is 1. The van der Waals surface area contributed by atoms with Crippen LogP contribution in [-0.4, -0.2) is 100 Å². The molecule has 13 heteroatoms. The summed E-state index contributed by atoms with van der Waals surface area (Å²) in [5.41, 5.74) is 0.763. The molecule has 1 saturated heterocycles. The zero-order valence-corrected chi connectivity index (χ0v) is 24.1. The Kier molecular flexibility index (Phi) is 9.39. The van der Waals surface area contributed by atoms with E-state index in [1.165, 1.54) is 46.1 Å². The number of benzene rings is 1. The van der Waals surface area contributed by atoms with Gasteiger partial charge in [0, 0.05) is 25.7 Å². The molecule has 1 aliphatic heterocycles. The molecule has 0 unspecified atom stereocenters. The number of carbonyl (C=O) groups excluding carboxylic acids is 4. The van der Waals surface area contributed by atoms with E-state index >= 15 is 0 Å². The van der Waals surface area contributed by atoms with Crippen molar-refractivity contribution >= 4 is 29.9 Å². The maximum absolute atomic E-state index is 13.4. The Bertz CT molecular complexity index is 1080. The van der Waals surface area contributed by atoms with Gasteiger partial charge in [0.05, 0.1) is 18.8 Å². The van der Waals surface area contributed by atoms with Gasteiger partial charge in [0.15, 0.2) is 6.04 Å². The van der Waals surface area contributed by atoms with Crippen molar-refractivity contribution in [2.24, 2.45) is 0 Å². The van der Waals surface area contributed by atoms with Gasteiger partial charge in [-0.3, -0.25) is 20.5 Å². The van der Waals surface area contributed by atoms with Crippen LogP contribution in [-0.2, 0) is 19.0 Å². The van der Waals surface area contributed by atoms with Crippen LogP contribution >= 0.6 is 0 Å². The molecule has 0 radical (unpaired) electrons. The van der Waals surface area contributed by atoms with Crippen molar-refractivity contribution in [1.29, 1.82) is 0 Å². The van der Waals surface area contributed by atoms with Gasteiger partial charge in [-0.25, -0.2) is 19.2 Å². The lowest BCUT2D eigenvalue weighted by molar-refractivity contribution is -0.152. The minimum atomic E-state index is -1.27. The van der Waals surface area contributed by atoms with Crippen LogP contribution in [0, 0.1) is 0 Å². The number of amides is 3. The molecule has 1 aromatic carbocycles. The first kappa shape index (κ1) is 30.8. The summed E-state index contributed by atoms with van der Waals surface area (Å²) in [4.78, 5) is 57.1. The average molecular weight is 565 g/mol.